The molecule has 0 amide bonds. The van der Waals surface area contributed by atoms with Crippen LogP contribution in [-0.4, -0.2) is 32.6 Å². The van der Waals surface area contributed by atoms with Crippen LogP contribution >= 0.6 is 0 Å². The highest BCUT2D eigenvalue weighted by atomic mass is 32.2. The largest absolute Gasteiger partial charge is 0.380 e. The maximum Gasteiger partial charge on any atom is 0.380 e. The summed E-state index contributed by atoms with van der Waals surface area (Å²) in [5.41, 5.74) is 7.88. The minimum absolute atomic E-state index is 0.223. The van der Waals surface area contributed by atoms with Gasteiger partial charge in [0.05, 0.1) is 0 Å². The molecule has 0 unspecified atom stereocenters. The molecule has 2 aromatic rings. The average Bonchev–Trinajstić information content (AvgIpc) is 2.85. The van der Waals surface area contributed by atoms with E-state index in [4.69, 9.17) is 15.1 Å². The smallest absolute Gasteiger partial charge is 0.371 e. The standard InChI is InChI=1S/C15H22N4O3S/c16-6-3-11-10-19(12-4-7-18-8-5-12)15-2-1-13(9-14(11)15)22-23(17,20)21/h1-2,9-10,12,18H,3-8,16H2,(H2,17,20,21). The number of fused-ring (bicyclic) bond motifs is 1. The highest BCUT2D eigenvalue weighted by Crippen LogP contribution is 2.31. The summed E-state index contributed by atoms with van der Waals surface area (Å²) in [6, 6.07) is 5.69. The maximum atomic E-state index is 11.1. The van der Waals surface area contributed by atoms with Crippen molar-refractivity contribution in [1.82, 2.24) is 9.88 Å². The van der Waals surface area contributed by atoms with Crippen molar-refractivity contribution in [3.05, 3.63) is 30.0 Å². The van der Waals surface area contributed by atoms with E-state index in [1.807, 2.05) is 6.07 Å². The SMILES string of the molecule is NCCc1cn(C2CCNCC2)c2ccc(OS(N)(=O)=O)cc12. The lowest BCUT2D eigenvalue weighted by Crippen LogP contribution is -2.29. The molecule has 0 radical (unpaired) electrons. The van der Waals surface area contributed by atoms with Gasteiger partial charge in [-0.25, -0.2) is 0 Å². The van der Waals surface area contributed by atoms with Gasteiger partial charge in [-0.1, -0.05) is 0 Å². The molecule has 126 valence electrons. The molecular weight excluding hydrogens is 316 g/mol. The van der Waals surface area contributed by atoms with E-state index in [-0.39, 0.29) is 5.75 Å². The van der Waals surface area contributed by atoms with Gasteiger partial charge >= 0.3 is 10.3 Å². The van der Waals surface area contributed by atoms with E-state index in [0.29, 0.717) is 12.6 Å². The Labute approximate surface area is 135 Å². The fourth-order valence-corrected chi connectivity index (χ4v) is 3.60. The van der Waals surface area contributed by atoms with E-state index in [2.05, 4.69) is 16.1 Å². The van der Waals surface area contributed by atoms with Crippen LogP contribution in [0.2, 0.25) is 0 Å². The minimum Gasteiger partial charge on any atom is -0.371 e. The predicted molar refractivity (Wildman–Crippen MR) is 89.6 cm³/mol. The first-order valence-electron chi connectivity index (χ1n) is 7.74. The van der Waals surface area contributed by atoms with Crippen LogP contribution in [0, 0.1) is 0 Å². The van der Waals surface area contributed by atoms with Crippen LogP contribution in [0.5, 0.6) is 5.75 Å². The second-order valence-electron chi connectivity index (χ2n) is 5.84. The van der Waals surface area contributed by atoms with Crippen molar-refractivity contribution in [3.63, 3.8) is 0 Å². The van der Waals surface area contributed by atoms with Crippen LogP contribution < -0.4 is 20.4 Å². The Morgan fingerprint density at radius 3 is 2.70 bits per heavy atom. The van der Waals surface area contributed by atoms with Crippen molar-refractivity contribution in [1.29, 1.82) is 0 Å². The number of hydrogen-bond donors (Lipinski definition) is 3. The first-order valence-corrected chi connectivity index (χ1v) is 9.21. The predicted octanol–water partition coefficient (Wildman–Crippen LogP) is 0.649. The fraction of sp³-hybridized carbons (Fsp3) is 0.467. The molecule has 0 bridgehead atoms. The highest BCUT2D eigenvalue weighted by Gasteiger charge is 2.19. The Hall–Kier alpha value is -1.61. The monoisotopic (exact) mass is 338 g/mol. The first kappa shape index (κ1) is 16.3. The molecule has 0 atom stereocenters. The molecule has 0 spiro atoms. The first-order chi connectivity index (χ1) is 11.0. The number of aromatic nitrogens is 1. The zero-order valence-corrected chi connectivity index (χ0v) is 13.7. The third kappa shape index (κ3) is 3.66. The van der Waals surface area contributed by atoms with Crippen LogP contribution in [-0.2, 0) is 16.7 Å². The number of nitrogens with zero attached hydrogens (tertiary/aromatic N) is 1. The molecule has 1 fully saturated rings. The highest BCUT2D eigenvalue weighted by molar-refractivity contribution is 7.84. The second kappa shape index (κ2) is 6.48. The molecule has 3 rings (SSSR count). The zero-order chi connectivity index (χ0) is 16.4. The van der Waals surface area contributed by atoms with Crippen molar-refractivity contribution in [3.8, 4) is 5.75 Å². The van der Waals surface area contributed by atoms with Gasteiger partial charge < -0.3 is 19.8 Å². The quantitative estimate of drug-likeness (QED) is 0.741. The van der Waals surface area contributed by atoms with Crippen molar-refractivity contribution in [2.24, 2.45) is 10.9 Å². The molecule has 2 heterocycles. The molecule has 23 heavy (non-hydrogen) atoms. The van der Waals surface area contributed by atoms with Gasteiger partial charge in [-0.2, -0.15) is 13.6 Å². The Bertz CT molecular complexity index is 794. The van der Waals surface area contributed by atoms with Gasteiger partial charge in [0, 0.05) is 23.1 Å². The molecular formula is C15H22N4O3S. The molecule has 7 nitrogen and oxygen atoms in total. The lowest BCUT2D eigenvalue weighted by Gasteiger charge is -2.25. The van der Waals surface area contributed by atoms with Crippen LogP contribution in [0.4, 0.5) is 0 Å². The summed E-state index contributed by atoms with van der Waals surface area (Å²) >= 11 is 0. The van der Waals surface area contributed by atoms with Gasteiger partial charge in [0.15, 0.2) is 0 Å². The molecule has 1 aromatic carbocycles. The van der Waals surface area contributed by atoms with E-state index in [1.165, 1.54) is 0 Å². The third-order valence-electron chi connectivity index (χ3n) is 4.22. The number of piperidine rings is 1. The summed E-state index contributed by atoms with van der Waals surface area (Å²) in [5.74, 6) is 0.223. The van der Waals surface area contributed by atoms with E-state index < -0.39 is 10.3 Å². The molecule has 8 heteroatoms. The van der Waals surface area contributed by atoms with Crippen molar-refractivity contribution in [2.45, 2.75) is 25.3 Å². The van der Waals surface area contributed by atoms with Gasteiger partial charge in [0.1, 0.15) is 5.75 Å². The summed E-state index contributed by atoms with van der Waals surface area (Å²) in [4.78, 5) is 0. The summed E-state index contributed by atoms with van der Waals surface area (Å²) in [6.45, 7) is 2.54. The van der Waals surface area contributed by atoms with E-state index >= 15 is 0 Å². The molecule has 0 aliphatic carbocycles. The van der Waals surface area contributed by atoms with Crippen LogP contribution in [0.3, 0.4) is 0 Å². The van der Waals surface area contributed by atoms with Gasteiger partial charge in [0.2, 0.25) is 0 Å². The summed E-state index contributed by atoms with van der Waals surface area (Å²) in [7, 11) is -4.02. The van der Waals surface area contributed by atoms with E-state index in [0.717, 1.165) is 48.8 Å². The Morgan fingerprint density at radius 2 is 2.04 bits per heavy atom. The summed E-state index contributed by atoms with van der Waals surface area (Å²) in [5, 5.41) is 9.28. The second-order valence-corrected chi connectivity index (χ2v) is 6.99. The molecule has 1 aromatic heterocycles. The van der Waals surface area contributed by atoms with Crippen molar-refractivity contribution >= 4 is 21.2 Å². The molecule has 5 N–H and O–H groups in total. The fourth-order valence-electron chi connectivity index (χ4n) is 3.23. The van der Waals surface area contributed by atoms with E-state index in [1.54, 1.807) is 12.1 Å². The molecule has 1 aliphatic heterocycles. The summed E-state index contributed by atoms with van der Waals surface area (Å²) < 4.78 is 29.3. The van der Waals surface area contributed by atoms with Gasteiger partial charge in [-0.3, -0.25) is 0 Å². The number of hydrogen-bond acceptors (Lipinski definition) is 5. The van der Waals surface area contributed by atoms with Gasteiger partial charge in [0.25, 0.3) is 0 Å². The summed E-state index contributed by atoms with van der Waals surface area (Å²) in [6.07, 6.45) is 5.00. The van der Waals surface area contributed by atoms with Gasteiger partial charge in [-0.05, 0) is 62.7 Å². The number of rotatable bonds is 5. The number of nitrogens with two attached hydrogens (primary N) is 2. The lowest BCUT2D eigenvalue weighted by atomic mass is 10.1. The number of nitrogens with one attached hydrogen (secondary N) is 1. The maximum absolute atomic E-state index is 11.1. The topological polar surface area (TPSA) is 112 Å². The van der Waals surface area contributed by atoms with E-state index in [9.17, 15) is 8.42 Å². The minimum atomic E-state index is -4.02. The zero-order valence-electron chi connectivity index (χ0n) is 12.9. The van der Waals surface area contributed by atoms with Crippen LogP contribution in [0.15, 0.2) is 24.4 Å². The Morgan fingerprint density at radius 1 is 1.30 bits per heavy atom. The van der Waals surface area contributed by atoms with Crippen LogP contribution in [0.1, 0.15) is 24.4 Å². The van der Waals surface area contributed by atoms with Crippen LogP contribution in [0.25, 0.3) is 10.9 Å². The third-order valence-corrected chi connectivity index (χ3v) is 4.64. The molecule has 0 saturated carbocycles. The van der Waals surface area contributed by atoms with Crippen molar-refractivity contribution in [2.75, 3.05) is 19.6 Å². The molecule has 1 saturated heterocycles. The molecule has 1 aliphatic rings. The van der Waals surface area contributed by atoms with Gasteiger partial charge in [-0.15, -0.1) is 0 Å². The lowest BCUT2D eigenvalue weighted by molar-refractivity contribution is 0.375. The normalized spacial score (nSPS) is 16.8. The number of benzene rings is 1. The van der Waals surface area contributed by atoms with Crippen molar-refractivity contribution < 1.29 is 12.6 Å². The average molecular weight is 338 g/mol. The Balaban J connectivity index is 2.04. The Kier molecular flexibility index (Phi) is 4.58.